The number of nitrogens with one attached hydrogen (secondary N) is 1. The van der Waals surface area contributed by atoms with Crippen molar-refractivity contribution in [3.05, 3.63) is 65.2 Å². The van der Waals surface area contributed by atoms with Crippen LogP contribution in [0.1, 0.15) is 12.5 Å². The molecule has 130 valence electrons. The molecule has 2 aromatic carbocycles. The van der Waals surface area contributed by atoms with Crippen LogP contribution in [0.15, 0.2) is 54.6 Å². The Hall–Kier alpha value is -1.75. The molecule has 0 fully saturated rings. The summed E-state index contributed by atoms with van der Waals surface area (Å²) in [6, 6.07) is 16.3. The van der Waals surface area contributed by atoms with Crippen molar-refractivity contribution in [1.82, 2.24) is 5.32 Å². The summed E-state index contributed by atoms with van der Waals surface area (Å²) in [6.07, 6.45) is 0.331. The number of hydrogen-bond acceptors (Lipinski definition) is 3. The van der Waals surface area contributed by atoms with Crippen molar-refractivity contribution in [2.75, 3.05) is 6.54 Å². The van der Waals surface area contributed by atoms with Crippen LogP contribution in [0.25, 0.3) is 0 Å². The third kappa shape index (κ3) is 6.79. The molecule has 0 aliphatic carbocycles. The van der Waals surface area contributed by atoms with E-state index in [0.717, 1.165) is 5.56 Å². The van der Waals surface area contributed by atoms with Crippen molar-refractivity contribution in [3.8, 4) is 5.75 Å². The minimum Gasteiger partial charge on any atom is -0.489 e. The van der Waals surface area contributed by atoms with E-state index in [1.807, 2.05) is 49.4 Å². The second-order valence-corrected chi connectivity index (χ2v) is 5.86. The quantitative estimate of drug-likeness (QED) is 0.788. The number of carbonyl (C=O) groups is 1. The smallest absolute Gasteiger partial charge is 0.237 e. The van der Waals surface area contributed by atoms with E-state index in [9.17, 15) is 4.79 Å². The fourth-order valence-electron chi connectivity index (χ4n) is 2.15. The molecule has 3 N–H and O–H groups in total. The van der Waals surface area contributed by atoms with E-state index >= 15 is 0 Å². The molecule has 0 aliphatic rings. The van der Waals surface area contributed by atoms with Crippen LogP contribution in [0.2, 0.25) is 5.02 Å². The molecular weight excluding hydrogens is 347 g/mol. The number of ether oxygens (including phenoxy) is 1. The molecule has 0 aliphatic heterocycles. The minimum absolute atomic E-state index is 0. The van der Waals surface area contributed by atoms with Gasteiger partial charge in [0.2, 0.25) is 5.91 Å². The van der Waals surface area contributed by atoms with Crippen molar-refractivity contribution >= 4 is 29.9 Å². The summed E-state index contributed by atoms with van der Waals surface area (Å²) in [5, 5.41) is 3.43. The number of halogens is 2. The van der Waals surface area contributed by atoms with Gasteiger partial charge in [-0.25, -0.2) is 0 Å². The average Bonchev–Trinajstić information content (AvgIpc) is 2.53. The van der Waals surface area contributed by atoms with Gasteiger partial charge in [-0.1, -0.05) is 48.0 Å². The van der Waals surface area contributed by atoms with Gasteiger partial charge in [-0.15, -0.1) is 12.4 Å². The maximum Gasteiger partial charge on any atom is 0.237 e. The van der Waals surface area contributed by atoms with Gasteiger partial charge < -0.3 is 15.8 Å². The van der Waals surface area contributed by atoms with Gasteiger partial charge in [-0.3, -0.25) is 4.79 Å². The van der Waals surface area contributed by atoms with E-state index in [1.165, 1.54) is 0 Å². The van der Waals surface area contributed by atoms with Gasteiger partial charge in [0, 0.05) is 5.02 Å². The van der Waals surface area contributed by atoms with Crippen molar-refractivity contribution in [1.29, 1.82) is 0 Å². The van der Waals surface area contributed by atoms with E-state index in [2.05, 4.69) is 5.32 Å². The number of amides is 1. The maximum atomic E-state index is 12.0. The molecule has 2 atom stereocenters. The number of rotatable bonds is 7. The van der Waals surface area contributed by atoms with Crippen LogP contribution in [0.3, 0.4) is 0 Å². The van der Waals surface area contributed by atoms with Crippen LogP contribution in [0.5, 0.6) is 5.75 Å². The summed E-state index contributed by atoms with van der Waals surface area (Å²) >= 11 is 5.91. The number of carbonyl (C=O) groups excluding carboxylic acids is 1. The largest absolute Gasteiger partial charge is 0.489 e. The van der Waals surface area contributed by atoms with Crippen molar-refractivity contribution < 1.29 is 9.53 Å². The molecule has 24 heavy (non-hydrogen) atoms. The van der Waals surface area contributed by atoms with Gasteiger partial charge in [0.25, 0.3) is 0 Å². The van der Waals surface area contributed by atoms with E-state index in [-0.39, 0.29) is 24.4 Å². The van der Waals surface area contributed by atoms with Crippen LogP contribution >= 0.6 is 24.0 Å². The highest BCUT2D eigenvalue weighted by molar-refractivity contribution is 6.30. The Morgan fingerprint density at radius 1 is 1.21 bits per heavy atom. The van der Waals surface area contributed by atoms with Gasteiger partial charge in [-0.2, -0.15) is 0 Å². The molecule has 0 heterocycles. The summed E-state index contributed by atoms with van der Waals surface area (Å²) in [5.74, 6) is 0.489. The molecule has 0 spiro atoms. The van der Waals surface area contributed by atoms with Gasteiger partial charge >= 0.3 is 0 Å². The number of benzene rings is 2. The fraction of sp³-hybridized carbons (Fsp3) is 0.278. The monoisotopic (exact) mass is 368 g/mol. The SMILES string of the molecule is CC(CNC(=O)[C@@H](N)Cc1ccccc1)Oc1cccc(Cl)c1.Cl. The molecule has 2 rings (SSSR count). The van der Waals surface area contributed by atoms with Crippen molar-refractivity contribution in [2.24, 2.45) is 5.73 Å². The van der Waals surface area contributed by atoms with Crippen LogP contribution in [0, 0.1) is 0 Å². The summed E-state index contributed by atoms with van der Waals surface area (Å²) in [6.45, 7) is 2.26. The summed E-state index contributed by atoms with van der Waals surface area (Å²) < 4.78 is 5.70. The molecular formula is C18H22Cl2N2O2. The zero-order valence-electron chi connectivity index (χ0n) is 13.4. The first-order valence-corrected chi connectivity index (χ1v) is 7.92. The van der Waals surface area contributed by atoms with Crippen LogP contribution in [0.4, 0.5) is 0 Å². The van der Waals surface area contributed by atoms with Gasteiger partial charge in [0.05, 0.1) is 12.6 Å². The Balaban J connectivity index is 0.00000288. The molecule has 0 saturated carbocycles. The minimum atomic E-state index is -0.573. The standard InChI is InChI=1S/C18H21ClN2O2.ClH/c1-13(23-16-9-5-8-15(19)11-16)12-21-18(22)17(20)10-14-6-3-2-4-7-14;/h2-9,11,13,17H,10,12,20H2,1H3,(H,21,22);1H/t13?,17-;/m0./s1. The van der Waals surface area contributed by atoms with Crippen molar-refractivity contribution in [3.63, 3.8) is 0 Å². The first kappa shape index (κ1) is 20.3. The van der Waals surface area contributed by atoms with Gasteiger partial charge in [-0.05, 0) is 37.1 Å². The maximum absolute atomic E-state index is 12.0. The van der Waals surface area contributed by atoms with Crippen molar-refractivity contribution in [2.45, 2.75) is 25.5 Å². The lowest BCUT2D eigenvalue weighted by molar-refractivity contribution is -0.122. The summed E-state index contributed by atoms with van der Waals surface area (Å²) in [5.41, 5.74) is 6.98. The first-order chi connectivity index (χ1) is 11.0. The molecule has 0 bridgehead atoms. The zero-order valence-corrected chi connectivity index (χ0v) is 15.0. The Kier molecular flexibility index (Phi) is 8.61. The Labute approximate surface area is 153 Å². The Bertz CT molecular complexity index is 638. The normalized spacial score (nSPS) is 12.6. The van der Waals surface area contributed by atoms with E-state index in [0.29, 0.717) is 23.7 Å². The zero-order chi connectivity index (χ0) is 16.7. The predicted octanol–water partition coefficient (Wildman–Crippen LogP) is 3.22. The molecule has 0 saturated heterocycles. The lowest BCUT2D eigenvalue weighted by Crippen LogP contribution is -2.45. The molecule has 0 radical (unpaired) electrons. The topological polar surface area (TPSA) is 64.4 Å². The number of nitrogens with two attached hydrogens (primary N) is 1. The lowest BCUT2D eigenvalue weighted by Gasteiger charge is -2.17. The summed E-state index contributed by atoms with van der Waals surface area (Å²) in [4.78, 5) is 12.0. The third-order valence-electron chi connectivity index (χ3n) is 3.33. The van der Waals surface area contributed by atoms with Crippen LogP contribution in [-0.2, 0) is 11.2 Å². The second kappa shape index (κ2) is 10.2. The first-order valence-electron chi connectivity index (χ1n) is 7.54. The second-order valence-electron chi connectivity index (χ2n) is 5.43. The van der Waals surface area contributed by atoms with Crippen LogP contribution < -0.4 is 15.8 Å². The Morgan fingerprint density at radius 3 is 2.58 bits per heavy atom. The Morgan fingerprint density at radius 2 is 1.92 bits per heavy atom. The molecule has 4 nitrogen and oxygen atoms in total. The molecule has 2 aromatic rings. The molecule has 1 unspecified atom stereocenters. The van der Waals surface area contributed by atoms with Gasteiger partial charge in [0.1, 0.15) is 11.9 Å². The van der Waals surface area contributed by atoms with Crippen LogP contribution in [-0.4, -0.2) is 24.6 Å². The fourth-order valence-corrected chi connectivity index (χ4v) is 2.33. The molecule has 6 heteroatoms. The van der Waals surface area contributed by atoms with E-state index in [1.54, 1.807) is 12.1 Å². The highest BCUT2D eigenvalue weighted by atomic mass is 35.5. The van der Waals surface area contributed by atoms with E-state index < -0.39 is 6.04 Å². The number of hydrogen-bond donors (Lipinski definition) is 2. The highest BCUT2D eigenvalue weighted by Gasteiger charge is 2.15. The average molecular weight is 369 g/mol. The third-order valence-corrected chi connectivity index (χ3v) is 3.57. The molecule has 1 amide bonds. The molecule has 0 aromatic heterocycles. The lowest BCUT2D eigenvalue weighted by atomic mass is 10.1. The van der Waals surface area contributed by atoms with E-state index in [4.69, 9.17) is 22.1 Å². The predicted molar refractivity (Wildman–Crippen MR) is 99.9 cm³/mol. The summed E-state index contributed by atoms with van der Waals surface area (Å²) in [7, 11) is 0. The van der Waals surface area contributed by atoms with Gasteiger partial charge in [0.15, 0.2) is 0 Å². The highest BCUT2D eigenvalue weighted by Crippen LogP contribution is 2.18.